The summed E-state index contributed by atoms with van der Waals surface area (Å²) in [4.78, 5) is 19.5. The smallest absolute Gasteiger partial charge is 0.266 e. The van der Waals surface area contributed by atoms with E-state index in [4.69, 9.17) is 24.3 Å². The van der Waals surface area contributed by atoms with E-state index in [1.165, 1.54) is 0 Å². The first kappa shape index (κ1) is 36.1. The fourth-order valence-corrected chi connectivity index (χ4v) is 7.41. The lowest BCUT2D eigenvalue weighted by atomic mass is 9.85. The number of benzene rings is 4. The minimum Gasteiger partial charge on any atom is -0.494 e. The van der Waals surface area contributed by atoms with Crippen LogP contribution in [-0.4, -0.2) is 63.0 Å². The molecule has 0 saturated carbocycles. The van der Waals surface area contributed by atoms with Gasteiger partial charge < -0.3 is 19.3 Å². The van der Waals surface area contributed by atoms with Crippen LogP contribution in [0.3, 0.4) is 0 Å². The topological polar surface area (TPSA) is 136 Å². The van der Waals surface area contributed by atoms with Gasteiger partial charge in [-0.3, -0.25) is 10.2 Å². The number of hydrogen-bond donors (Lipinski definition) is 3. The van der Waals surface area contributed by atoms with Gasteiger partial charge in [-0.2, -0.15) is 0 Å². The van der Waals surface area contributed by atoms with Crippen LogP contribution in [0, 0.1) is 0 Å². The molecule has 0 aromatic heterocycles. The molecule has 5 rings (SSSR count). The van der Waals surface area contributed by atoms with Gasteiger partial charge in [0.05, 0.1) is 23.9 Å². The molecule has 10 nitrogen and oxygen atoms in total. The molecular formula is C37H40BrN3O7S. The van der Waals surface area contributed by atoms with Gasteiger partial charge in [0, 0.05) is 41.6 Å². The summed E-state index contributed by atoms with van der Waals surface area (Å²) >= 11 is 3.62. The van der Waals surface area contributed by atoms with E-state index in [0.717, 1.165) is 11.3 Å². The highest BCUT2D eigenvalue weighted by molar-refractivity contribution is 9.10. The molecule has 0 spiro atoms. The Hall–Kier alpha value is -4.23. The minimum absolute atomic E-state index is 0.0265. The fraction of sp³-hybridized carbons (Fsp3) is 0.297. The van der Waals surface area contributed by atoms with Crippen molar-refractivity contribution in [2.24, 2.45) is 4.99 Å². The first-order valence-corrected chi connectivity index (χ1v) is 18.6. The summed E-state index contributed by atoms with van der Waals surface area (Å²) in [6.45, 7) is 3.22. The molecule has 3 N–H and O–H groups in total. The number of rotatable bonds is 17. The summed E-state index contributed by atoms with van der Waals surface area (Å²) in [7, 11) is -3.79. The number of sulfone groups is 1. The number of hydrazine groups is 1. The van der Waals surface area contributed by atoms with Gasteiger partial charge in [0.15, 0.2) is 21.5 Å². The van der Waals surface area contributed by atoms with E-state index >= 15 is 0 Å². The maximum atomic E-state index is 14.4. The molecule has 1 amide bonds. The third kappa shape index (κ3) is 8.87. The van der Waals surface area contributed by atoms with Crippen LogP contribution < -0.4 is 20.3 Å². The first-order valence-electron chi connectivity index (χ1n) is 16.1. The third-order valence-electron chi connectivity index (χ3n) is 8.07. The highest BCUT2D eigenvalue weighted by Crippen LogP contribution is 2.45. The number of nitrogens with one attached hydrogen (secondary N) is 2. The van der Waals surface area contributed by atoms with Crippen molar-refractivity contribution in [1.82, 2.24) is 10.9 Å². The van der Waals surface area contributed by atoms with Crippen molar-refractivity contribution in [2.75, 3.05) is 32.1 Å². The number of ether oxygens (including phenoxy) is 3. The Kier molecular flexibility index (Phi) is 12.5. The number of para-hydroxylation sites is 1. The number of hydrogen-bond acceptors (Lipinski definition) is 9. The largest absolute Gasteiger partial charge is 0.494 e. The maximum Gasteiger partial charge on any atom is 0.266 e. The van der Waals surface area contributed by atoms with Crippen LogP contribution in [0.15, 0.2) is 117 Å². The second-order valence-corrected chi connectivity index (χ2v) is 14.3. The monoisotopic (exact) mass is 749 g/mol. The van der Waals surface area contributed by atoms with Crippen LogP contribution in [0.5, 0.6) is 11.5 Å². The summed E-state index contributed by atoms with van der Waals surface area (Å²) in [5.74, 6) is 0.684. The quantitative estimate of drug-likeness (QED) is 0.0940. The molecule has 1 aliphatic rings. The highest BCUT2D eigenvalue weighted by Gasteiger charge is 2.54. The minimum atomic E-state index is -3.79. The van der Waals surface area contributed by atoms with Crippen LogP contribution >= 0.6 is 15.9 Å². The zero-order valence-corrected chi connectivity index (χ0v) is 29.6. The Morgan fingerprint density at radius 2 is 1.67 bits per heavy atom. The van der Waals surface area contributed by atoms with Crippen LogP contribution in [0.2, 0.25) is 0 Å². The van der Waals surface area contributed by atoms with Gasteiger partial charge in [-0.05, 0) is 67.4 Å². The first-order chi connectivity index (χ1) is 23.8. The number of carbonyl (C=O) groups excluding carboxylic acids is 1. The van der Waals surface area contributed by atoms with Crippen LogP contribution in [-0.2, 0) is 25.8 Å². The molecule has 0 unspecified atom stereocenters. The molecule has 49 heavy (non-hydrogen) atoms. The van der Waals surface area contributed by atoms with E-state index in [1.807, 2.05) is 55.5 Å². The Balaban J connectivity index is 1.48. The molecule has 2 atom stereocenters. The van der Waals surface area contributed by atoms with E-state index in [0.29, 0.717) is 53.9 Å². The van der Waals surface area contributed by atoms with Crippen molar-refractivity contribution in [3.8, 4) is 11.5 Å². The Morgan fingerprint density at radius 1 is 0.959 bits per heavy atom. The van der Waals surface area contributed by atoms with Gasteiger partial charge in [0.2, 0.25) is 5.90 Å². The molecule has 1 aliphatic heterocycles. The number of carbonyl (C=O) groups is 1. The zero-order valence-electron chi connectivity index (χ0n) is 27.2. The van der Waals surface area contributed by atoms with E-state index in [2.05, 4.69) is 26.8 Å². The van der Waals surface area contributed by atoms with Gasteiger partial charge in [-0.1, -0.05) is 70.5 Å². The predicted molar refractivity (Wildman–Crippen MR) is 191 cm³/mol. The van der Waals surface area contributed by atoms with Gasteiger partial charge in [-0.15, -0.1) is 0 Å². The van der Waals surface area contributed by atoms with E-state index in [9.17, 15) is 13.2 Å². The summed E-state index contributed by atoms with van der Waals surface area (Å²) in [5.41, 5.74) is 6.40. The Morgan fingerprint density at radius 3 is 2.41 bits per heavy atom. The van der Waals surface area contributed by atoms with Crippen molar-refractivity contribution >= 4 is 37.6 Å². The lowest BCUT2D eigenvalue weighted by molar-refractivity contribution is -0.130. The SMILES string of the molecule is CCOc1ccccc1CCNNC(=O)[C@@]1(CCS(=O)(=O)c2ccccc2)N=C(c2ccc(OCCCO)cc2)O[C@H]1c1ccccc1Br. The second-order valence-electron chi connectivity index (χ2n) is 11.4. The highest BCUT2D eigenvalue weighted by atomic mass is 79.9. The van der Waals surface area contributed by atoms with Crippen molar-refractivity contribution in [3.05, 3.63) is 124 Å². The van der Waals surface area contributed by atoms with Crippen molar-refractivity contribution in [2.45, 2.75) is 42.7 Å². The average Bonchev–Trinajstić information content (AvgIpc) is 3.51. The third-order valence-corrected chi connectivity index (χ3v) is 10.5. The predicted octanol–water partition coefficient (Wildman–Crippen LogP) is 5.59. The molecule has 0 fully saturated rings. The summed E-state index contributed by atoms with van der Waals surface area (Å²) in [6, 6.07) is 30.3. The lowest BCUT2D eigenvalue weighted by Gasteiger charge is -2.31. The number of nitrogens with zero attached hydrogens (tertiary/aromatic N) is 1. The fourth-order valence-electron chi connectivity index (χ4n) is 5.53. The second kappa shape index (κ2) is 16.9. The standard InChI is InChI=1S/C37H40BrN3O7S/c1-2-46-33-16-9-6-11-27(33)21-23-39-41-36(43)37(22-26-49(44,45)30-12-4-3-5-13-30)34(31-14-7-8-15-32(31)38)48-35(40-37)28-17-19-29(20-18-28)47-25-10-24-42/h3-9,11-20,34,39,42H,2,10,21-26H2,1H3,(H,41,43)/t34-,37-/m0/s1. The average molecular weight is 751 g/mol. The molecule has 4 aromatic rings. The Bertz CT molecular complexity index is 1840. The van der Waals surface area contributed by atoms with Gasteiger partial charge in [0.1, 0.15) is 11.5 Å². The van der Waals surface area contributed by atoms with E-state index in [-0.39, 0.29) is 29.6 Å². The van der Waals surface area contributed by atoms with Crippen LogP contribution in [0.4, 0.5) is 0 Å². The summed E-state index contributed by atoms with van der Waals surface area (Å²) in [6.07, 6.45) is -0.0630. The van der Waals surface area contributed by atoms with Crippen LogP contribution in [0.1, 0.15) is 42.6 Å². The van der Waals surface area contributed by atoms with Gasteiger partial charge >= 0.3 is 0 Å². The molecule has 0 bridgehead atoms. The van der Waals surface area contributed by atoms with Crippen molar-refractivity contribution in [3.63, 3.8) is 0 Å². The lowest BCUT2D eigenvalue weighted by Crippen LogP contribution is -2.53. The molecule has 0 radical (unpaired) electrons. The van der Waals surface area contributed by atoms with E-state index in [1.54, 1.807) is 54.6 Å². The van der Waals surface area contributed by atoms with Crippen LogP contribution in [0.25, 0.3) is 0 Å². The van der Waals surface area contributed by atoms with Gasteiger partial charge in [-0.25, -0.2) is 18.8 Å². The Labute approximate surface area is 295 Å². The van der Waals surface area contributed by atoms with Crippen molar-refractivity contribution in [1.29, 1.82) is 0 Å². The molecule has 4 aromatic carbocycles. The molecule has 1 heterocycles. The number of halogens is 1. The molecule has 258 valence electrons. The normalized spacial score (nSPS) is 17.2. The molecular weight excluding hydrogens is 710 g/mol. The maximum absolute atomic E-state index is 14.4. The van der Waals surface area contributed by atoms with E-state index < -0.39 is 27.4 Å². The summed E-state index contributed by atoms with van der Waals surface area (Å²) < 4.78 is 45.8. The zero-order chi connectivity index (χ0) is 34.7. The molecule has 0 saturated heterocycles. The number of amides is 1. The summed E-state index contributed by atoms with van der Waals surface area (Å²) in [5, 5.41) is 9.08. The number of aliphatic hydroxyl groups excluding tert-OH is 1. The van der Waals surface area contributed by atoms with Crippen molar-refractivity contribution < 1.29 is 32.5 Å². The molecule has 12 heteroatoms. The number of aliphatic imine (C=N–C) groups is 1. The molecule has 0 aliphatic carbocycles. The van der Waals surface area contributed by atoms with Gasteiger partial charge in [0.25, 0.3) is 5.91 Å². The number of aliphatic hydroxyl groups is 1.